The number of nitrogens with two attached hydrogens (primary N) is 1. The molecule has 0 spiro atoms. The van der Waals surface area contributed by atoms with Gasteiger partial charge in [-0.05, 0) is 22.8 Å². The molecule has 0 aliphatic carbocycles. The summed E-state index contributed by atoms with van der Waals surface area (Å²) in [6.07, 6.45) is 1.66. The molecule has 164 valence electrons. The Morgan fingerprint density at radius 1 is 1.16 bits per heavy atom. The lowest BCUT2D eigenvalue weighted by atomic mass is 10.0. The summed E-state index contributed by atoms with van der Waals surface area (Å²) in [5, 5.41) is 2.00. The first kappa shape index (κ1) is 22.3. The van der Waals surface area contributed by atoms with Crippen molar-refractivity contribution in [1.82, 2.24) is 9.55 Å². The minimum absolute atomic E-state index is 0.00965. The highest BCUT2D eigenvalue weighted by Gasteiger charge is 2.24. The Balaban J connectivity index is 2.03. The summed E-state index contributed by atoms with van der Waals surface area (Å²) >= 11 is 0. The number of carbonyl (C=O) groups is 1. The van der Waals surface area contributed by atoms with Gasteiger partial charge in [-0.3, -0.25) is 19.1 Å². The van der Waals surface area contributed by atoms with Crippen molar-refractivity contribution in [3.05, 3.63) is 68.9 Å². The number of rotatable bonds is 9. The molecule has 3 N–H and O–H groups in total. The molecular weight excluding hydrogens is 396 g/mol. The number of nitrogens with one attached hydrogen (secondary N) is 1. The summed E-state index contributed by atoms with van der Waals surface area (Å²) in [4.78, 5) is 41.9. The molecule has 8 nitrogen and oxygen atoms in total. The number of aromatic nitrogens is 2. The van der Waals surface area contributed by atoms with Crippen molar-refractivity contribution in [2.24, 2.45) is 0 Å². The van der Waals surface area contributed by atoms with E-state index in [1.165, 1.54) is 16.6 Å². The number of nitrogens with zero attached hydrogens (tertiary/aromatic N) is 2. The Morgan fingerprint density at radius 3 is 2.65 bits per heavy atom. The standard InChI is InChI=1S/C23H28N4O4/c1-3-4-12-27-21(24)20(22(29)25-23(27)30)26(13-14-31-2)19(28)15-17-10-7-9-16-8-5-6-11-18(16)17/h5-11H,3-4,12-15,24H2,1-2H3,(H,25,29,30). The third kappa shape index (κ3) is 4.86. The van der Waals surface area contributed by atoms with Crippen LogP contribution in [-0.4, -0.2) is 35.7 Å². The molecule has 0 radical (unpaired) electrons. The van der Waals surface area contributed by atoms with Crippen LogP contribution >= 0.6 is 0 Å². The van der Waals surface area contributed by atoms with Crippen molar-refractivity contribution in [2.75, 3.05) is 30.9 Å². The Kier molecular flexibility index (Phi) is 7.25. The molecule has 0 aliphatic heterocycles. The molecule has 1 heterocycles. The largest absolute Gasteiger partial charge is 0.383 e. The zero-order chi connectivity index (χ0) is 22.4. The molecule has 2 aromatic carbocycles. The number of benzene rings is 2. The second-order valence-electron chi connectivity index (χ2n) is 7.35. The van der Waals surface area contributed by atoms with E-state index >= 15 is 0 Å². The van der Waals surface area contributed by atoms with Crippen LogP contribution in [0.5, 0.6) is 0 Å². The fourth-order valence-corrected chi connectivity index (χ4v) is 3.63. The van der Waals surface area contributed by atoms with E-state index in [1.807, 2.05) is 49.4 Å². The van der Waals surface area contributed by atoms with Crippen molar-refractivity contribution in [2.45, 2.75) is 32.7 Å². The maximum atomic E-state index is 13.4. The zero-order valence-corrected chi connectivity index (χ0v) is 17.9. The van der Waals surface area contributed by atoms with Gasteiger partial charge < -0.3 is 15.4 Å². The van der Waals surface area contributed by atoms with Gasteiger partial charge in [0.15, 0.2) is 5.69 Å². The first-order valence-corrected chi connectivity index (χ1v) is 10.4. The molecule has 1 aromatic heterocycles. The molecule has 0 aliphatic rings. The van der Waals surface area contributed by atoms with Crippen LogP contribution in [0.4, 0.5) is 11.5 Å². The molecule has 0 atom stereocenters. The average Bonchev–Trinajstić information content (AvgIpc) is 2.76. The van der Waals surface area contributed by atoms with Crippen LogP contribution in [0.25, 0.3) is 10.8 Å². The Morgan fingerprint density at radius 2 is 1.90 bits per heavy atom. The van der Waals surface area contributed by atoms with Crippen molar-refractivity contribution >= 4 is 28.2 Å². The van der Waals surface area contributed by atoms with Gasteiger partial charge in [0.2, 0.25) is 5.91 Å². The summed E-state index contributed by atoms with van der Waals surface area (Å²) in [6.45, 7) is 2.71. The van der Waals surface area contributed by atoms with Gasteiger partial charge in [-0.15, -0.1) is 0 Å². The molecule has 3 aromatic rings. The molecule has 0 saturated carbocycles. The van der Waals surface area contributed by atoms with Crippen LogP contribution in [0.2, 0.25) is 0 Å². The molecule has 1 amide bonds. The number of unbranched alkanes of at least 4 members (excludes halogenated alkanes) is 1. The van der Waals surface area contributed by atoms with Crippen LogP contribution in [0.15, 0.2) is 52.1 Å². The van der Waals surface area contributed by atoms with Crippen molar-refractivity contribution in [1.29, 1.82) is 0 Å². The number of nitrogen functional groups attached to an aromatic ring is 1. The second kappa shape index (κ2) is 10.1. The fourth-order valence-electron chi connectivity index (χ4n) is 3.63. The maximum absolute atomic E-state index is 13.4. The first-order chi connectivity index (χ1) is 15.0. The Hall–Kier alpha value is -3.39. The number of fused-ring (bicyclic) bond motifs is 1. The van der Waals surface area contributed by atoms with Gasteiger partial charge in [-0.2, -0.15) is 0 Å². The average molecular weight is 425 g/mol. The van der Waals surface area contributed by atoms with Crippen molar-refractivity contribution < 1.29 is 9.53 Å². The van der Waals surface area contributed by atoms with E-state index in [0.29, 0.717) is 6.54 Å². The highest BCUT2D eigenvalue weighted by molar-refractivity contribution is 5.99. The van der Waals surface area contributed by atoms with E-state index < -0.39 is 11.2 Å². The van der Waals surface area contributed by atoms with Gasteiger partial charge in [0.05, 0.1) is 13.0 Å². The van der Waals surface area contributed by atoms with Crippen molar-refractivity contribution in [3.8, 4) is 0 Å². The normalized spacial score (nSPS) is 11.0. The number of ether oxygens (including phenoxy) is 1. The van der Waals surface area contributed by atoms with E-state index in [2.05, 4.69) is 4.98 Å². The van der Waals surface area contributed by atoms with E-state index in [4.69, 9.17) is 10.5 Å². The minimum Gasteiger partial charge on any atom is -0.383 e. The lowest BCUT2D eigenvalue weighted by Crippen LogP contribution is -2.43. The highest BCUT2D eigenvalue weighted by Crippen LogP contribution is 2.22. The van der Waals surface area contributed by atoms with Crippen molar-refractivity contribution in [3.63, 3.8) is 0 Å². The molecule has 31 heavy (non-hydrogen) atoms. The number of hydrogen-bond donors (Lipinski definition) is 2. The predicted molar refractivity (Wildman–Crippen MR) is 123 cm³/mol. The highest BCUT2D eigenvalue weighted by atomic mass is 16.5. The molecular formula is C23H28N4O4. The van der Waals surface area contributed by atoms with Crippen LogP contribution < -0.4 is 21.9 Å². The predicted octanol–water partition coefficient (Wildman–Crippen LogP) is 2.29. The van der Waals surface area contributed by atoms with E-state index in [-0.39, 0.29) is 37.0 Å². The molecule has 3 rings (SSSR count). The number of amides is 1. The Bertz CT molecular complexity index is 1180. The number of aromatic amines is 1. The monoisotopic (exact) mass is 424 g/mol. The summed E-state index contributed by atoms with van der Waals surface area (Å²) in [5.74, 6) is -0.309. The fraction of sp³-hybridized carbons (Fsp3) is 0.348. The van der Waals surface area contributed by atoms with Crippen LogP contribution in [0.3, 0.4) is 0 Å². The lowest BCUT2D eigenvalue weighted by molar-refractivity contribution is -0.118. The molecule has 8 heteroatoms. The number of methoxy groups -OCH3 is 1. The van der Waals surface area contributed by atoms with Gasteiger partial charge >= 0.3 is 5.69 Å². The maximum Gasteiger partial charge on any atom is 0.330 e. The van der Waals surface area contributed by atoms with Crippen LogP contribution in [-0.2, 0) is 22.5 Å². The number of carbonyl (C=O) groups excluding carboxylic acids is 1. The molecule has 0 saturated heterocycles. The Labute approximate surface area is 180 Å². The zero-order valence-electron chi connectivity index (χ0n) is 17.9. The molecule has 0 unspecified atom stereocenters. The van der Waals surface area contributed by atoms with Gasteiger partial charge in [0.25, 0.3) is 5.56 Å². The van der Waals surface area contributed by atoms with E-state index in [9.17, 15) is 14.4 Å². The van der Waals surface area contributed by atoms with Crippen LogP contribution in [0.1, 0.15) is 25.3 Å². The second-order valence-corrected chi connectivity index (χ2v) is 7.35. The third-order valence-corrected chi connectivity index (χ3v) is 5.26. The molecule has 0 fully saturated rings. The van der Waals surface area contributed by atoms with Crippen LogP contribution in [0, 0.1) is 0 Å². The molecule has 0 bridgehead atoms. The number of hydrogen-bond acceptors (Lipinski definition) is 5. The third-order valence-electron chi connectivity index (χ3n) is 5.26. The van der Waals surface area contributed by atoms with E-state index in [0.717, 1.165) is 29.2 Å². The van der Waals surface area contributed by atoms with Gasteiger partial charge in [0, 0.05) is 20.2 Å². The number of H-pyrrole nitrogens is 1. The summed E-state index contributed by atoms with van der Waals surface area (Å²) < 4.78 is 6.46. The topological polar surface area (TPSA) is 110 Å². The summed E-state index contributed by atoms with van der Waals surface area (Å²) in [6, 6.07) is 13.6. The number of anilines is 2. The van der Waals surface area contributed by atoms with Gasteiger partial charge in [-0.1, -0.05) is 55.8 Å². The minimum atomic E-state index is -0.683. The van der Waals surface area contributed by atoms with Gasteiger partial charge in [0.1, 0.15) is 5.82 Å². The quantitative estimate of drug-likeness (QED) is 0.548. The first-order valence-electron chi connectivity index (χ1n) is 10.4. The summed E-state index contributed by atoms with van der Waals surface area (Å²) in [5.41, 5.74) is 5.80. The smallest absolute Gasteiger partial charge is 0.330 e. The van der Waals surface area contributed by atoms with Gasteiger partial charge in [-0.25, -0.2) is 4.79 Å². The SMILES string of the molecule is CCCCn1c(N)c(N(CCOC)C(=O)Cc2cccc3ccccc23)c(=O)[nH]c1=O. The van der Waals surface area contributed by atoms with E-state index in [1.54, 1.807) is 0 Å². The summed E-state index contributed by atoms with van der Waals surface area (Å²) in [7, 11) is 1.52. The lowest BCUT2D eigenvalue weighted by Gasteiger charge is -2.24.